The summed E-state index contributed by atoms with van der Waals surface area (Å²) in [5.41, 5.74) is 1.08. The molecule has 0 aromatic carbocycles. The minimum atomic E-state index is 0.201. The number of unbranched alkanes of at least 4 members (excludes halogenated alkanes) is 1. The molecule has 0 aromatic heterocycles. The molecule has 0 bridgehead atoms. The quantitative estimate of drug-likeness (QED) is 0.201. The van der Waals surface area contributed by atoms with Crippen LogP contribution in [0.2, 0.25) is 0 Å². The van der Waals surface area contributed by atoms with Crippen molar-refractivity contribution in [1.82, 2.24) is 10.2 Å². The van der Waals surface area contributed by atoms with E-state index in [1.165, 1.54) is 32.1 Å². The van der Waals surface area contributed by atoms with Crippen molar-refractivity contribution in [2.45, 2.75) is 131 Å². The highest BCUT2D eigenvalue weighted by molar-refractivity contribution is 4.93. The molecule has 0 unspecified atom stereocenters. The van der Waals surface area contributed by atoms with Crippen LogP contribution in [0.15, 0.2) is 0 Å². The molecule has 0 aromatic rings. The van der Waals surface area contributed by atoms with Gasteiger partial charge in [0, 0.05) is 50.6 Å². The molecule has 1 N–H and O–H groups in total. The van der Waals surface area contributed by atoms with E-state index in [4.69, 9.17) is 14.2 Å². The Balaban J connectivity index is 2.06. The van der Waals surface area contributed by atoms with Gasteiger partial charge in [-0.05, 0) is 90.5 Å². The Kier molecular flexibility index (Phi) is 14.3. The van der Waals surface area contributed by atoms with Crippen LogP contribution in [-0.2, 0) is 14.2 Å². The van der Waals surface area contributed by atoms with Crippen LogP contribution in [0.25, 0.3) is 0 Å². The van der Waals surface area contributed by atoms with Crippen LogP contribution in [0, 0.1) is 10.8 Å². The highest BCUT2D eigenvalue weighted by atomic mass is 16.5. The lowest BCUT2D eigenvalue weighted by Gasteiger charge is -2.49. The second-order valence-corrected chi connectivity index (χ2v) is 14.4. The lowest BCUT2D eigenvalue weighted by molar-refractivity contribution is -0.0998. The Morgan fingerprint density at radius 2 is 1.31 bits per heavy atom. The Morgan fingerprint density at radius 3 is 1.94 bits per heavy atom. The van der Waals surface area contributed by atoms with E-state index in [-0.39, 0.29) is 16.5 Å². The molecule has 210 valence electrons. The van der Waals surface area contributed by atoms with Crippen molar-refractivity contribution in [1.29, 1.82) is 0 Å². The summed E-state index contributed by atoms with van der Waals surface area (Å²) in [6, 6.07) is 0. The van der Waals surface area contributed by atoms with Gasteiger partial charge < -0.3 is 19.5 Å². The lowest BCUT2D eigenvalue weighted by Crippen LogP contribution is -2.61. The van der Waals surface area contributed by atoms with Crippen molar-refractivity contribution in [2.75, 3.05) is 52.7 Å². The molecule has 1 aliphatic heterocycles. The molecule has 5 heteroatoms. The van der Waals surface area contributed by atoms with Crippen molar-refractivity contribution in [2.24, 2.45) is 10.8 Å². The zero-order chi connectivity index (χ0) is 26.6. The van der Waals surface area contributed by atoms with E-state index >= 15 is 0 Å². The molecule has 0 amide bonds. The van der Waals surface area contributed by atoms with Gasteiger partial charge in [-0.2, -0.15) is 0 Å². The summed E-state index contributed by atoms with van der Waals surface area (Å²) in [5, 5.41) is 3.51. The first kappa shape index (κ1) is 32.8. The number of rotatable bonds is 19. The highest BCUT2D eigenvalue weighted by Crippen LogP contribution is 2.35. The summed E-state index contributed by atoms with van der Waals surface area (Å²) in [7, 11) is 0. The average molecular weight is 499 g/mol. The number of nitrogens with one attached hydrogen (secondary N) is 1. The molecule has 0 saturated carbocycles. The first-order chi connectivity index (χ1) is 16.1. The van der Waals surface area contributed by atoms with E-state index < -0.39 is 0 Å². The maximum Gasteiger partial charge on any atom is 0.0829 e. The summed E-state index contributed by atoms with van der Waals surface area (Å²) < 4.78 is 17.6. The fourth-order valence-corrected chi connectivity index (χ4v) is 4.30. The van der Waals surface area contributed by atoms with Gasteiger partial charge >= 0.3 is 0 Å². The Morgan fingerprint density at radius 1 is 0.686 bits per heavy atom. The van der Waals surface area contributed by atoms with E-state index in [1.54, 1.807) is 0 Å². The third-order valence-electron chi connectivity index (χ3n) is 6.95. The molecule has 1 aliphatic rings. The molecule has 0 spiro atoms. The molecule has 0 atom stereocenters. The van der Waals surface area contributed by atoms with Crippen molar-refractivity contribution in [3.8, 4) is 0 Å². The van der Waals surface area contributed by atoms with E-state index in [9.17, 15) is 0 Å². The molecule has 0 radical (unpaired) electrons. The van der Waals surface area contributed by atoms with Crippen LogP contribution in [0.4, 0.5) is 0 Å². The lowest BCUT2D eigenvalue weighted by atomic mass is 9.78. The topological polar surface area (TPSA) is 43.0 Å². The molecule has 1 heterocycles. The predicted octanol–water partition coefficient (Wildman–Crippen LogP) is 6.69. The number of ether oxygens (including phenoxy) is 3. The third kappa shape index (κ3) is 17.0. The number of hydrogen-bond donors (Lipinski definition) is 1. The van der Waals surface area contributed by atoms with Gasteiger partial charge in [0.05, 0.1) is 12.7 Å². The fraction of sp³-hybridized carbons (Fsp3) is 1.00. The molecule has 1 rings (SSSR count). The molecule has 35 heavy (non-hydrogen) atoms. The summed E-state index contributed by atoms with van der Waals surface area (Å²) in [5.74, 6) is 0. The highest BCUT2D eigenvalue weighted by Gasteiger charge is 2.38. The summed E-state index contributed by atoms with van der Waals surface area (Å²) in [6.45, 7) is 30.3. The van der Waals surface area contributed by atoms with Crippen molar-refractivity contribution in [3.05, 3.63) is 0 Å². The van der Waals surface area contributed by atoms with Gasteiger partial charge in [0.25, 0.3) is 0 Å². The minimum Gasteiger partial charge on any atom is -0.381 e. The minimum absolute atomic E-state index is 0.201. The van der Waals surface area contributed by atoms with Crippen molar-refractivity contribution in [3.63, 3.8) is 0 Å². The van der Waals surface area contributed by atoms with Gasteiger partial charge in [-0.1, -0.05) is 41.0 Å². The van der Waals surface area contributed by atoms with E-state index in [2.05, 4.69) is 79.5 Å². The Hall–Kier alpha value is -0.200. The summed E-state index contributed by atoms with van der Waals surface area (Å²) in [6.07, 6.45) is 8.70. The molecular weight excluding hydrogens is 436 g/mol. The molecule has 0 aliphatic carbocycles. The van der Waals surface area contributed by atoms with Crippen LogP contribution >= 0.6 is 0 Å². The molecule has 5 nitrogen and oxygen atoms in total. The SMILES string of the molecule is CC(C)(C)COCCCOC1CN(C(C)(C)CCC(C)(C)CCCCOCCCNC(C)(C)C)C1. The molecular formula is C30H62N2O3. The van der Waals surface area contributed by atoms with Crippen LogP contribution in [0.1, 0.15) is 114 Å². The van der Waals surface area contributed by atoms with Crippen molar-refractivity contribution < 1.29 is 14.2 Å². The monoisotopic (exact) mass is 498 g/mol. The first-order valence-electron chi connectivity index (χ1n) is 14.4. The number of hydrogen-bond acceptors (Lipinski definition) is 5. The van der Waals surface area contributed by atoms with Gasteiger partial charge in [0.1, 0.15) is 0 Å². The maximum atomic E-state index is 6.07. The third-order valence-corrected chi connectivity index (χ3v) is 6.95. The van der Waals surface area contributed by atoms with Gasteiger partial charge in [0.2, 0.25) is 0 Å². The smallest absolute Gasteiger partial charge is 0.0829 e. The van der Waals surface area contributed by atoms with Gasteiger partial charge in [0.15, 0.2) is 0 Å². The average Bonchev–Trinajstić information content (AvgIpc) is 2.67. The van der Waals surface area contributed by atoms with Crippen LogP contribution in [-0.4, -0.2) is 74.8 Å². The van der Waals surface area contributed by atoms with E-state index in [1.807, 2.05) is 0 Å². The summed E-state index contributed by atoms with van der Waals surface area (Å²) >= 11 is 0. The number of nitrogens with zero attached hydrogens (tertiary/aromatic N) is 1. The standard InChI is InChI=1S/C30H62N2O3/c1-27(2,3)25-34-21-14-22-35-26-23-32(24-26)30(9,10)17-16-29(7,8)15-11-12-19-33-20-13-18-31-28(4,5)6/h26,31H,11-25H2,1-10H3. The van der Waals surface area contributed by atoms with E-state index in [0.717, 1.165) is 65.5 Å². The van der Waals surface area contributed by atoms with E-state index in [0.29, 0.717) is 11.5 Å². The Labute approximate surface area is 219 Å². The van der Waals surface area contributed by atoms with Crippen molar-refractivity contribution >= 4 is 0 Å². The molecule has 1 saturated heterocycles. The zero-order valence-corrected chi connectivity index (χ0v) is 25.4. The van der Waals surface area contributed by atoms with Crippen LogP contribution in [0.5, 0.6) is 0 Å². The van der Waals surface area contributed by atoms with Gasteiger partial charge in [-0.3, -0.25) is 4.90 Å². The maximum absolute atomic E-state index is 6.07. The second kappa shape index (κ2) is 15.3. The largest absolute Gasteiger partial charge is 0.381 e. The van der Waals surface area contributed by atoms with Gasteiger partial charge in [-0.25, -0.2) is 0 Å². The fourth-order valence-electron chi connectivity index (χ4n) is 4.30. The van der Waals surface area contributed by atoms with Gasteiger partial charge in [-0.15, -0.1) is 0 Å². The number of likely N-dealkylation sites (tertiary alicyclic amines) is 1. The normalized spacial score (nSPS) is 16.6. The molecule has 1 fully saturated rings. The van der Waals surface area contributed by atoms with Crippen LogP contribution in [0.3, 0.4) is 0 Å². The Bertz CT molecular complexity index is 543. The predicted molar refractivity (Wildman–Crippen MR) is 150 cm³/mol. The van der Waals surface area contributed by atoms with Crippen LogP contribution < -0.4 is 5.32 Å². The summed E-state index contributed by atoms with van der Waals surface area (Å²) in [4.78, 5) is 2.60. The second-order valence-electron chi connectivity index (χ2n) is 14.4. The first-order valence-corrected chi connectivity index (χ1v) is 14.4. The zero-order valence-electron chi connectivity index (χ0n) is 25.4.